The van der Waals surface area contributed by atoms with E-state index in [4.69, 9.17) is 11.0 Å². The summed E-state index contributed by atoms with van der Waals surface area (Å²) in [5, 5.41) is 8.91. The summed E-state index contributed by atoms with van der Waals surface area (Å²) < 4.78 is 0. The molecule has 96 valence electrons. The fraction of sp³-hybridized carbons (Fsp3) is 0.200. The number of hydrogen-bond donors (Lipinski definition) is 1. The van der Waals surface area contributed by atoms with Crippen LogP contribution in [0.15, 0.2) is 42.6 Å². The highest BCUT2D eigenvalue weighted by Crippen LogP contribution is 2.23. The first-order valence-electron chi connectivity index (χ1n) is 6.07. The van der Waals surface area contributed by atoms with Crippen LogP contribution in [-0.2, 0) is 0 Å². The average molecular weight is 252 g/mol. The van der Waals surface area contributed by atoms with Crippen LogP contribution >= 0.6 is 0 Å². The molecule has 1 aromatic heterocycles. The van der Waals surface area contributed by atoms with Crippen LogP contribution in [0.25, 0.3) is 0 Å². The third kappa shape index (κ3) is 2.90. The molecule has 0 saturated carbocycles. The summed E-state index contributed by atoms with van der Waals surface area (Å²) in [7, 11) is 1.92. The van der Waals surface area contributed by atoms with E-state index in [0.717, 1.165) is 17.1 Å². The summed E-state index contributed by atoms with van der Waals surface area (Å²) in [4.78, 5) is 6.33. The molecule has 4 heteroatoms. The summed E-state index contributed by atoms with van der Waals surface area (Å²) in [5.74, 6) is 0.819. The SMILES string of the molecule is CC(N)c1ccc(N(C)c2cccc(C#N)c2)nc1. The van der Waals surface area contributed by atoms with Crippen LogP contribution < -0.4 is 10.6 Å². The van der Waals surface area contributed by atoms with E-state index in [9.17, 15) is 0 Å². The first-order chi connectivity index (χ1) is 9.11. The van der Waals surface area contributed by atoms with Gasteiger partial charge in [-0.15, -0.1) is 0 Å². The fourth-order valence-electron chi connectivity index (χ4n) is 1.78. The van der Waals surface area contributed by atoms with Crippen molar-refractivity contribution in [2.24, 2.45) is 5.73 Å². The van der Waals surface area contributed by atoms with Crippen molar-refractivity contribution in [1.29, 1.82) is 5.26 Å². The van der Waals surface area contributed by atoms with E-state index >= 15 is 0 Å². The lowest BCUT2D eigenvalue weighted by atomic mass is 10.1. The molecule has 1 aromatic carbocycles. The molecule has 0 fully saturated rings. The maximum Gasteiger partial charge on any atom is 0.132 e. The van der Waals surface area contributed by atoms with E-state index in [-0.39, 0.29) is 6.04 Å². The minimum Gasteiger partial charge on any atom is -0.329 e. The molecule has 1 unspecified atom stereocenters. The van der Waals surface area contributed by atoms with E-state index in [1.54, 1.807) is 12.3 Å². The Bertz CT molecular complexity index is 596. The molecule has 4 nitrogen and oxygen atoms in total. The lowest BCUT2D eigenvalue weighted by Crippen LogP contribution is -2.12. The Kier molecular flexibility index (Phi) is 3.79. The second kappa shape index (κ2) is 5.51. The standard InChI is InChI=1S/C15H16N4/c1-11(17)13-6-7-15(18-10-13)19(2)14-5-3-4-12(8-14)9-16/h3-8,10-11H,17H2,1-2H3. The molecule has 0 spiro atoms. The van der Waals surface area contributed by atoms with Gasteiger partial charge in [-0.1, -0.05) is 12.1 Å². The molecule has 19 heavy (non-hydrogen) atoms. The summed E-state index contributed by atoms with van der Waals surface area (Å²) in [5.41, 5.74) is 8.37. The third-order valence-electron chi connectivity index (χ3n) is 3.00. The van der Waals surface area contributed by atoms with E-state index < -0.39 is 0 Å². The zero-order valence-corrected chi connectivity index (χ0v) is 11.0. The molecule has 2 rings (SSSR count). The number of nitriles is 1. The number of nitrogens with two attached hydrogens (primary N) is 1. The highest BCUT2D eigenvalue weighted by Gasteiger charge is 2.07. The number of anilines is 2. The van der Waals surface area contributed by atoms with Crippen LogP contribution in [0.3, 0.4) is 0 Å². The van der Waals surface area contributed by atoms with Gasteiger partial charge in [0.2, 0.25) is 0 Å². The van der Waals surface area contributed by atoms with E-state index in [1.165, 1.54) is 0 Å². The molecule has 0 radical (unpaired) electrons. The molecule has 2 aromatic rings. The number of pyridine rings is 1. The van der Waals surface area contributed by atoms with Crippen molar-refractivity contribution in [1.82, 2.24) is 4.98 Å². The highest BCUT2D eigenvalue weighted by atomic mass is 15.2. The van der Waals surface area contributed by atoms with E-state index in [1.807, 2.05) is 49.2 Å². The molecule has 0 aliphatic carbocycles. The number of benzene rings is 1. The maximum absolute atomic E-state index is 8.91. The summed E-state index contributed by atoms with van der Waals surface area (Å²) in [6, 6.07) is 13.4. The molecule has 0 amide bonds. The summed E-state index contributed by atoms with van der Waals surface area (Å²) in [6.45, 7) is 1.93. The normalized spacial score (nSPS) is 11.7. The van der Waals surface area contributed by atoms with Crippen LogP contribution in [0.5, 0.6) is 0 Å². The summed E-state index contributed by atoms with van der Waals surface area (Å²) in [6.07, 6.45) is 1.78. The minimum absolute atomic E-state index is 0.0197. The van der Waals surface area contributed by atoms with Gasteiger partial charge in [-0.25, -0.2) is 4.98 Å². The van der Waals surface area contributed by atoms with Crippen molar-refractivity contribution in [2.75, 3.05) is 11.9 Å². The molecule has 1 heterocycles. The fourth-order valence-corrected chi connectivity index (χ4v) is 1.78. The lowest BCUT2D eigenvalue weighted by Gasteiger charge is -2.19. The molecular formula is C15H16N4. The Morgan fingerprint density at radius 3 is 2.68 bits per heavy atom. The number of rotatable bonds is 3. The Hall–Kier alpha value is -2.38. The van der Waals surface area contributed by atoms with Gasteiger partial charge in [0.05, 0.1) is 11.6 Å². The Morgan fingerprint density at radius 2 is 2.11 bits per heavy atom. The van der Waals surface area contributed by atoms with Crippen molar-refractivity contribution in [3.8, 4) is 6.07 Å². The number of hydrogen-bond acceptors (Lipinski definition) is 4. The van der Waals surface area contributed by atoms with Crippen molar-refractivity contribution in [2.45, 2.75) is 13.0 Å². The molecule has 0 saturated heterocycles. The van der Waals surface area contributed by atoms with Gasteiger partial charge >= 0.3 is 0 Å². The van der Waals surface area contributed by atoms with Crippen molar-refractivity contribution >= 4 is 11.5 Å². The largest absolute Gasteiger partial charge is 0.329 e. The van der Waals surface area contributed by atoms with Gasteiger partial charge in [-0.2, -0.15) is 5.26 Å². The van der Waals surface area contributed by atoms with E-state index in [2.05, 4.69) is 11.1 Å². The minimum atomic E-state index is -0.0197. The highest BCUT2D eigenvalue weighted by molar-refractivity contribution is 5.61. The van der Waals surface area contributed by atoms with Crippen LogP contribution in [0, 0.1) is 11.3 Å². The second-order valence-electron chi connectivity index (χ2n) is 4.46. The van der Waals surface area contributed by atoms with Gasteiger partial charge in [0.25, 0.3) is 0 Å². The second-order valence-corrected chi connectivity index (χ2v) is 4.46. The number of nitrogens with zero attached hydrogens (tertiary/aromatic N) is 3. The van der Waals surface area contributed by atoms with Crippen molar-refractivity contribution in [3.05, 3.63) is 53.7 Å². The van der Waals surface area contributed by atoms with Gasteiger partial charge < -0.3 is 10.6 Å². The Morgan fingerprint density at radius 1 is 1.32 bits per heavy atom. The van der Waals surface area contributed by atoms with Crippen molar-refractivity contribution in [3.63, 3.8) is 0 Å². The summed E-state index contributed by atoms with van der Waals surface area (Å²) >= 11 is 0. The van der Waals surface area contributed by atoms with Gasteiger partial charge in [0.1, 0.15) is 5.82 Å². The van der Waals surface area contributed by atoms with E-state index in [0.29, 0.717) is 5.56 Å². The van der Waals surface area contributed by atoms with Gasteiger partial charge in [0, 0.05) is 25.0 Å². The average Bonchev–Trinajstić information content (AvgIpc) is 2.46. The molecule has 0 aliphatic heterocycles. The topological polar surface area (TPSA) is 65.9 Å². The molecule has 0 bridgehead atoms. The van der Waals surface area contributed by atoms with Crippen LogP contribution in [0.2, 0.25) is 0 Å². The Labute approximate surface area is 113 Å². The van der Waals surface area contributed by atoms with Crippen molar-refractivity contribution < 1.29 is 0 Å². The zero-order chi connectivity index (χ0) is 13.8. The van der Waals surface area contributed by atoms with Crippen LogP contribution in [0.1, 0.15) is 24.1 Å². The lowest BCUT2D eigenvalue weighted by molar-refractivity contribution is 0.811. The van der Waals surface area contributed by atoms with Gasteiger partial charge in [0.15, 0.2) is 0 Å². The first-order valence-corrected chi connectivity index (χ1v) is 6.07. The predicted octanol–water partition coefficient (Wildman–Crippen LogP) is 2.74. The predicted molar refractivity (Wildman–Crippen MR) is 76.1 cm³/mol. The first kappa shape index (κ1) is 13.1. The maximum atomic E-state index is 8.91. The molecule has 0 aliphatic rings. The van der Waals surface area contributed by atoms with Gasteiger partial charge in [-0.3, -0.25) is 0 Å². The quantitative estimate of drug-likeness (QED) is 0.912. The molecule has 1 atom stereocenters. The van der Waals surface area contributed by atoms with Gasteiger partial charge in [-0.05, 0) is 36.8 Å². The molecular weight excluding hydrogens is 236 g/mol. The number of aromatic nitrogens is 1. The monoisotopic (exact) mass is 252 g/mol. The Balaban J connectivity index is 2.28. The smallest absolute Gasteiger partial charge is 0.132 e. The third-order valence-corrected chi connectivity index (χ3v) is 3.00. The zero-order valence-electron chi connectivity index (χ0n) is 11.0. The van der Waals surface area contributed by atoms with Crippen LogP contribution in [0.4, 0.5) is 11.5 Å². The molecule has 2 N–H and O–H groups in total. The van der Waals surface area contributed by atoms with Crippen LogP contribution in [-0.4, -0.2) is 12.0 Å².